The molecule has 0 saturated carbocycles. The van der Waals surface area contributed by atoms with E-state index in [4.69, 9.17) is 5.26 Å². The molecule has 3 rings (SSSR count). The average Bonchev–Trinajstić information content (AvgIpc) is 2.76. The zero-order valence-corrected chi connectivity index (χ0v) is 11.5. The highest BCUT2D eigenvalue weighted by Crippen LogP contribution is 2.47. The topological polar surface area (TPSA) is 82.5 Å². The standard InChI is InChI=1S/C15H14N4O/c1-15-6-9(7-16)13(20)5-10(15)3-4-11-12(8-17)19(2)18-14(11)15/h6,10H,3-5H2,1-2H3/t10?,15-/m0/s1. The molecule has 0 fully saturated rings. The van der Waals surface area contributed by atoms with E-state index in [9.17, 15) is 10.1 Å². The van der Waals surface area contributed by atoms with E-state index in [1.54, 1.807) is 17.8 Å². The number of Topliss-reactive ketones (excluding diaryl/α,β-unsaturated/α-hetero) is 1. The molecular weight excluding hydrogens is 252 g/mol. The molecule has 100 valence electrons. The quantitative estimate of drug-likeness (QED) is 0.713. The van der Waals surface area contributed by atoms with E-state index in [0.717, 1.165) is 24.1 Å². The Bertz CT molecular complexity index is 728. The van der Waals surface area contributed by atoms with Crippen LogP contribution in [0.4, 0.5) is 0 Å². The lowest BCUT2D eigenvalue weighted by Crippen LogP contribution is -2.40. The molecule has 1 aromatic rings. The van der Waals surface area contributed by atoms with Crippen LogP contribution in [-0.4, -0.2) is 15.6 Å². The highest BCUT2D eigenvalue weighted by molar-refractivity contribution is 6.00. The smallest absolute Gasteiger partial charge is 0.173 e. The molecule has 1 aromatic heterocycles. The minimum Gasteiger partial charge on any atom is -0.293 e. The van der Waals surface area contributed by atoms with E-state index in [2.05, 4.69) is 11.2 Å². The van der Waals surface area contributed by atoms with Crippen LogP contribution >= 0.6 is 0 Å². The van der Waals surface area contributed by atoms with Gasteiger partial charge < -0.3 is 0 Å². The van der Waals surface area contributed by atoms with Crippen molar-refractivity contribution < 1.29 is 4.79 Å². The zero-order chi connectivity index (χ0) is 14.5. The summed E-state index contributed by atoms with van der Waals surface area (Å²) in [4.78, 5) is 11.9. The molecule has 0 amide bonds. The lowest BCUT2D eigenvalue weighted by molar-refractivity contribution is -0.117. The molecule has 5 heteroatoms. The third kappa shape index (κ3) is 1.47. The predicted molar refractivity (Wildman–Crippen MR) is 70.4 cm³/mol. The lowest BCUT2D eigenvalue weighted by atomic mass is 9.61. The molecule has 1 unspecified atom stereocenters. The van der Waals surface area contributed by atoms with Crippen LogP contribution in [0.3, 0.4) is 0 Å². The summed E-state index contributed by atoms with van der Waals surface area (Å²) in [5.41, 5.74) is 2.22. The second-order valence-electron chi connectivity index (χ2n) is 5.73. The number of rotatable bonds is 0. The first-order valence-electron chi connectivity index (χ1n) is 6.64. The molecule has 0 bridgehead atoms. The molecular formula is C15H14N4O. The predicted octanol–water partition coefficient (Wildman–Crippen LogP) is 1.53. The summed E-state index contributed by atoms with van der Waals surface area (Å²) in [7, 11) is 1.76. The molecule has 20 heavy (non-hydrogen) atoms. The zero-order valence-electron chi connectivity index (χ0n) is 11.5. The molecule has 0 aliphatic heterocycles. The van der Waals surface area contributed by atoms with Crippen LogP contribution < -0.4 is 0 Å². The first kappa shape index (κ1) is 12.6. The van der Waals surface area contributed by atoms with Crippen LogP contribution in [-0.2, 0) is 23.7 Å². The Morgan fingerprint density at radius 1 is 1.45 bits per heavy atom. The van der Waals surface area contributed by atoms with Gasteiger partial charge in [0.05, 0.1) is 11.3 Å². The number of carbonyl (C=O) groups excluding carboxylic acids is 1. The van der Waals surface area contributed by atoms with Gasteiger partial charge in [-0.2, -0.15) is 15.6 Å². The summed E-state index contributed by atoms with van der Waals surface area (Å²) in [6.45, 7) is 2.02. The van der Waals surface area contributed by atoms with Gasteiger partial charge in [-0.05, 0) is 18.8 Å². The molecule has 2 aliphatic carbocycles. The second kappa shape index (κ2) is 4.05. The molecule has 2 aliphatic rings. The van der Waals surface area contributed by atoms with E-state index in [-0.39, 0.29) is 17.3 Å². The summed E-state index contributed by atoms with van der Waals surface area (Å²) in [6.07, 6.45) is 3.78. The van der Waals surface area contributed by atoms with E-state index < -0.39 is 5.41 Å². The number of allylic oxidation sites excluding steroid dienone is 2. The van der Waals surface area contributed by atoms with Gasteiger partial charge in [-0.15, -0.1) is 0 Å². The summed E-state index contributed by atoms with van der Waals surface area (Å²) < 4.78 is 1.61. The first-order valence-corrected chi connectivity index (χ1v) is 6.64. The van der Waals surface area contributed by atoms with Gasteiger partial charge >= 0.3 is 0 Å². The van der Waals surface area contributed by atoms with Crippen molar-refractivity contribution in [1.82, 2.24) is 9.78 Å². The average molecular weight is 266 g/mol. The largest absolute Gasteiger partial charge is 0.293 e. The van der Waals surface area contributed by atoms with Gasteiger partial charge in [0, 0.05) is 24.4 Å². The van der Waals surface area contributed by atoms with Gasteiger partial charge in [0.1, 0.15) is 17.8 Å². The highest BCUT2D eigenvalue weighted by atomic mass is 16.1. The third-order valence-corrected chi connectivity index (χ3v) is 4.65. The number of nitrogens with zero attached hydrogens (tertiary/aromatic N) is 4. The third-order valence-electron chi connectivity index (χ3n) is 4.65. The van der Waals surface area contributed by atoms with Gasteiger partial charge in [0.2, 0.25) is 0 Å². The van der Waals surface area contributed by atoms with Crippen molar-refractivity contribution in [3.05, 3.63) is 28.6 Å². The van der Waals surface area contributed by atoms with Gasteiger partial charge in [0.15, 0.2) is 5.78 Å². The Labute approximate surface area is 117 Å². The molecule has 0 aromatic carbocycles. The maximum Gasteiger partial charge on any atom is 0.173 e. The number of hydrogen-bond donors (Lipinski definition) is 0. The Morgan fingerprint density at radius 3 is 2.85 bits per heavy atom. The van der Waals surface area contributed by atoms with E-state index >= 15 is 0 Å². The number of carbonyl (C=O) groups is 1. The van der Waals surface area contributed by atoms with Crippen molar-refractivity contribution in [3.63, 3.8) is 0 Å². The fourth-order valence-corrected chi connectivity index (χ4v) is 3.50. The number of aromatic nitrogens is 2. The van der Waals surface area contributed by atoms with Crippen LogP contribution in [0.2, 0.25) is 0 Å². The summed E-state index contributed by atoms with van der Waals surface area (Å²) >= 11 is 0. The Balaban J connectivity index is 2.24. The normalized spacial score (nSPS) is 27.9. The number of fused-ring (bicyclic) bond motifs is 3. The molecule has 0 saturated heterocycles. The van der Waals surface area contributed by atoms with Crippen LogP contribution in [0.15, 0.2) is 11.6 Å². The Kier molecular flexibility index (Phi) is 2.55. The number of hydrogen-bond acceptors (Lipinski definition) is 4. The van der Waals surface area contributed by atoms with Gasteiger partial charge in [0.25, 0.3) is 0 Å². The van der Waals surface area contributed by atoms with E-state index in [1.807, 2.05) is 13.0 Å². The Hall–Kier alpha value is -2.40. The molecule has 1 heterocycles. The van der Waals surface area contributed by atoms with Crippen molar-refractivity contribution >= 4 is 5.78 Å². The summed E-state index contributed by atoms with van der Waals surface area (Å²) in [5, 5.41) is 22.9. The van der Waals surface area contributed by atoms with Crippen LogP contribution in [0.1, 0.15) is 36.7 Å². The van der Waals surface area contributed by atoms with Crippen molar-refractivity contribution in [2.24, 2.45) is 13.0 Å². The minimum absolute atomic E-state index is 0.0742. The first-order chi connectivity index (χ1) is 9.51. The van der Waals surface area contributed by atoms with Gasteiger partial charge in [-0.3, -0.25) is 9.48 Å². The van der Waals surface area contributed by atoms with Crippen molar-refractivity contribution in [3.8, 4) is 12.1 Å². The van der Waals surface area contributed by atoms with Crippen LogP contribution in [0.25, 0.3) is 0 Å². The number of ketones is 1. The maximum absolute atomic E-state index is 11.9. The van der Waals surface area contributed by atoms with E-state index in [1.165, 1.54) is 0 Å². The maximum atomic E-state index is 11.9. The van der Waals surface area contributed by atoms with Crippen LogP contribution in [0, 0.1) is 28.6 Å². The highest BCUT2D eigenvalue weighted by Gasteiger charge is 2.46. The lowest BCUT2D eigenvalue weighted by Gasteiger charge is -2.40. The monoisotopic (exact) mass is 266 g/mol. The number of nitriles is 2. The molecule has 0 radical (unpaired) electrons. The van der Waals surface area contributed by atoms with Crippen molar-refractivity contribution in [2.75, 3.05) is 0 Å². The molecule has 2 atom stereocenters. The molecule has 5 nitrogen and oxygen atoms in total. The summed E-state index contributed by atoms with van der Waals surface area (Å²) in [5.74, 6) is 0.0934. The Morgan fingerprint density at radius 2 is 2.20 bits per heavy atom. The van der Waals surface area contributed by atoms with Crippen molar-refractivity contribution in [1.29, 1.82) is 10.5 Å². The second-order valence-corrected chi connectivity index (χ2v) is 5.73. The minimum atomic E-state index is -0.417. The van der Waals surface area contributed by atoms with Gasteiger partial charge in [-0.25, -0.2) is 0 Å². The molecule has 0 spiro atoms. The van der Waals surface area contributed by atoms with Crippen molar-refractivity contribution in [2.45, 2.75) is 31.6 Å². The fraction of sp³-hybridized carbons (Fsp3) is 0.467. The van der Waals surface area contributed by atoms with Gasteiger partial charge in [-0.1, -0.05) is 13.0 Å². The fourth-order valence-electron chi connectivity index (χ4n) is 3.50. The summed E-state index contributed by atoms with van der Waals surface area (Å²) in [6, 6.07) is 4.19. The SMILES string of the molecule is Cn1nc2c(c1C#N)CCC1CC(=O)C(C#N)=C[C@]21C. The molecule has 0 N–H and O–H groups in total. The van der Waals surface area contributed by atoms with E-state index in [0.29, 0.717) is 12.1 Å². The van der Waals surface area contributed by atoms with Crippen LogP contribution in [0.5, 0.6) is 0 Å². The number of aryl methyl sites for hydroxylation is 1.